The fourth-order valence-corrected chi connectivity index (χ4v) is 2.96. The predicted octanol–water partition coefficient (Wildman–Crippen LogP) is -0.144. The molecule has 0 bridgehead atoms. The van der Waals surface area contributed by atoms with Crippen LogP contribution in [0.1, 0.15) is 19.8 Å². The first-order valence-corrected chi connectivity index (χ1v) is 9.27. The van der Waals surface area contributed by atoms with E-state index in [1.807, 2.05) is 6.92 Å². The van der Waals surface area contributed by atoms with Crippen LogP contribution >= 0.6 is 0 Å². The van der Waals surface area contributed by atoms with Gasteiger partial charge in [-0.05, 0) is 18.6 Å². The topological polar surface area (TPSA) is 159 Å². The maximum atomic E-state index is 12.3. The zero-order valence-electron chi connectivity index (χ0n) is 15.7. The second kappa shape index (κ2) is 8.97. The Morgan fingerprint density at radius 2 is 1.90 bits per heavy atom. The highest BCUT2D eigenvalue weighted by Crippen LogP contribution is 2.35. The number of benzene rings is 1. The van der Waals surface area contributed by atoms with Crippen molar-refractivity contribution in [1.29, 1.82) is 0 Å². The molecule has 1 fully saturated rings. The van der Waals surface area contributed by atoms with E-state index < -0.39 is 54.4 Å². The largest absolute Gasteiger partial charge is 0.504 e. The monoisotopic (exact) mass is 412 g/mol. The van der Waals surface area contributed by atoms with E-state index in [9.17, 15) is 30.3 Å². The second-order valence-electron chi connectivity index (χ2n) is 6.74. The molecule has 29 heavy (non-hydrogen) atoms. The second-order valence-corrected chi connectivity index (χ2v) is 6.74. The molecule has 3 rings (SSSR count). The Balaban J connectivity index is 1.88. The lowest BCUT2D eigenvalue weighted by Crippen LogP contribution is -2.60. The van der Waals surface area contributed by atoms with Crippen LogP contribution in [0.25, 0.3) is 11.0 Å². The first kappa shape index (κ1) is 21.3. The van der Waals surface area contributed by atoms with Crippen LogP contribution in [0.15, 0.2) is 27.4 Å². The van der Waals surface area contributed by atoms with E-state index in [0.717, 1.165) is 12.8 Å². The molecule has 2 heterocycles. The molecule has 0 saturated carbocycles. The Kier molecular flexibility index (Phi) is 6.60. The summed E-state index contributed by atoms with van der Waals surface area (Å²) >= 11 is 0. The minimum atomic E-state index is -1.74. The van der Waals surface area contributed by atoms with E-state index in [4.69, 9.17) is 18.6 Å². The summed E-state index contributed by atoms with van der Waals surface area (Å²) in [4.78, 5) is 12.3. The molecule has 0 aliphatic carbocycles. The number of aromatic hydroxyl groups is 1. The van der Waals surface area contributed by atoms with Gasteiger partial charge in [0.05, 0.1) is 18.6 Å². The number of hydrogen-bond donors (Lipinski definition) is 5. The Bertz CT molecular complexity index is 892. The molecule has 1 aromatic carbocycles. The van der Waals surface area contributed by atoms with E-state index in [1.54, 1.807) is 6.07 Å². The molecule has 5 N–H and O–H groups in total. The zero-order valence-corrected chi connectivity index (χ0v) is 15.7. The lowest BCUT2D eigenvalue weighted by Gasteiger charge is -2.39. The molecular weight excluding hydrogens is 388 g/mol. The van der Waals surface area contributed by atoms with Crippen LogP contribution in [0.4, 0.5) is 0 Å². The Labute approximate surface area is 165 Å². The maximum absolute atomic E-state index is 12.3. The van der Waals surface area contributed by atoms with Crippen LogP contribution in [0.3, 0.4) is 0 Å². The van der Waals surface area contributed by atoms with E-state index in [0.29, 0.717) is 12.4 Å². The summed E-state index contributed by atoms with van der Waals surface area (Å²) in [6.07, 6.45) is -6.05. The lowest BCUT2D eigenvalue weighted by atomic mass is 9.99. The van der Waals surface area contributed by atoms with Crippen molar-refractivity contribution in [2.45, 2.75) is 50.5 Å². The highest BCUT2D eigenvalue weighted by Gasteiger charge is 2.45. The summed E-state index contributed by atoms with van der Waals surface area (Å²) in [7, 11) is 0. The van der Waals surface area contributed by atoms with Gasteiger partial charge in [-0.2, -0.15) is 0 Å². The van der Waals surface area contributed by atoms with Crippen LogP contribution in [0, 0.1) is 0 Å². The minimum Gasteiger partial charge on any atom is -0.504 e. The minimum absolute atomic E-state index is 0.0719. The quantitative estimate of drug-likeness (QED) is 0.306. The van der Waals surface area contributed by atoms with Gasteiger partial charge in [-0.15, -0.1) is 0 Å². The Hall–Kier alpha value is -2.37. The lowest BCUT2D eigenvalue weighted by molar-refractivity contribution is -0.278. The molecule has 0 spiro atoms. The van der Waals surface area contributed by atoms with E-state index in [1.165, 1.54) is 12.1 Å². The van der Waals surface area contributed by atoms with E-state index in [-0.39, 0.29) is 11.0 Å². The maximum Gasteiger partial charge on any atom is 0.383 e. The highest BCUT2D eigenvalue weighted by atomic mass is 16.7. The van der Waals surface area contributed by atoms with Crippen molar-refractivity contribution in [2.24, 2.45) is 0 Å². The zero-order chi connectivity index (χ0) is 21.1. The van der Waals surface area contributed by atoms with Gasteiger partial charge in [0.1, 0.15) is 35.7 Å². The van der Waals surface area contributed by atoms with Crippen LogP contribution < -0.4 is 15.1 Å². The molecule has 0 amide bonds. The molecule has 0 radical (unpaired) electrons. The molecule has 1 aliphatic rings. The average Bonchev–Trinajstić information content (AvgIpc) is 2.71. The molecule has 10 nitrogen and oxygen atoms in total. The normalized spacial score (nSPS) is 27.1. The molecule has 10 heteroatoms. The molecule has 1 saturated heterocycles. The van der Waals surface area contributed by atoms with Gasteiger partial charge >= 0.3 is 5.63 Å². The Morgan fingerprint density at radius 3 is 2.59 bits per heavy atom. The third kappa shape index (κ3) is 4.31. The number of aliphatic hydroxyl groups is 4. The highest BCUT2D eigenvalue weighted by molar-refractivity contribution is 5.86. The predicted molar refractivity (Wildman–Crippen MR) is 98.9 cm³/mol. The number of unbranched alkanes of at least 4 members (excludes halogenated alkanes) is 1. The van der Waals surface area contributed by atoms with Crippen molar-refractivity contribution in [3.8, 4) is 17.2 Å². The molecule has 0 unspecified atom stereocenters. The van der Waals surface area contributed by atoms with Gasteiger partial charge in [0.25, 0.3) is 5.75 Å². The summed E-state index contributed by atoms with van der Waals surface area (Å²) in [5.74, 6) is -0.717. The first-order chi connectivity index (χ1) is 13.9. The van der Waals surface area contributed by atoms with Crippen molar-refractivity contribution in [2.75, 3.05) is 13.2 Å². The fourth-order valence-electron chi connectivity index (χ4n) is 2.96. The van der Waals surface area contributed by atoms with Gasteiger partial charge in [-0.1, -0.05) is 13.3 Å². The summed E-state index contributed by atoms with van der Waals surface area (Å²) in [5, 5.41) is 49.5. The van der Waals surface area contributed by atoms with E-state index >= 15 is 0 Å². The summed E-state index contributed by atoms with van der Waals surface area (Å²) in [6.45, 7) is 1.86. The summed E-state index contributed by atoms with van der Waals surface area (Å²) in [6, 6.07) is 4.54. The van der Waals surface area contributed by atoms with E-state index in [2.05, 4.69) is 0 Å². The number of fused-ring (bicyclic) bond motifs is 1. The van der Waals surface area contributed by atoms with Crippen molar-refractivity contribution in [3.63, 3.8) is 0 Å². The van der Waals surface area contributed by atoms with Gasteiger partial charge in [-0.3, -0.25) is 0 Å². The summed E-state index contributed by atoms with van der Waals surface area (Å²) in [5.41, 5.74) is -0.972. The average molecular weight is 412 g/mol. The molecule has 1 aliphatic heterocycles. The number of rotatable bonds is 7. The number of aliphatic hydroxyl groups excluding tert-OH is 4. The Morgan fingerprint density at radius 1 is 1.14 bits per heavy atom. The van der Waals surface area contributed by atoms with Gasteiger partial charge in [0.15, 0.2) is 5.75 Å². The van der Waals surface area contributed by atoms with Crippen LogP contribution in [0.2, 0.25) is 0 Å². The van der Waals surface area contributed by atoms with Crippen molar-refractivity contribution >= 4 is 11.0 Å². The number of hydrogen-bond acceptors (Lipinski definition) is 10. The molecule has 1 aromatic heterocycles. The van der Waals surface area contributed by atoms with Crippen LogP contribution in [-0.2, 0) is 4.74 Å². The molecule has 5 atom stereocenters. The van der Waals surface area contributed by atoms with Crippen molar-refractivity contribution in [1.82, 2.24) is 0 Å². The smallest absolute Gasteiger partial charge is 0.383 e. The third-order valence-electron chi connectivity index (χ3n) is 4.66. The molecular formula is C19H24O10. The first-order valence-electron chi connectivity index (χ1n) is 9.27. The summed E-state index contributed by atoms with van der Waals surface area (Å²) < 4.78 is 21.2. The van der Waals surface area contributed by atoms with Gasteiger partial charge in [0.2, 0.25) is 6.29 Å². The number of ether oxygens (including phenoxy) is 3. The fraction of sp³-hybridized carbons (Fsp3) is 0.526. The van der Waals surface area contributed by atoms with Gasteiger partial charge in [-0.25, -0.2) is 4.79 Å². The van der Waals surface area contributed by atoms with Crippen molar-refractivity contribution in [3.05, 3.63) is 28.6 Å². The standard InChI is InChI=1S/C19H24O10/c1-2-3-6-26-9-4-5-10-11(7-9)27-18(25)17(13(10)21)29-19-16(24)15(23)14(22)12(8-20)28-19/h4-5,7,12,14-16,19-24H,2-3,6,8H2,1H3/t12-,14-,15+,16+,19-/m1/s1. The van der Waals surface area contributed by atoms with Crippen LogP contribution in [0.5, 0.6) is 17.2 Å². The van der Waals surface area contributed by atoms with Gasteiger partial charge < -0.3 is 44.2 Å². The van der Waals surface area contributed by atoms with Crippen molar-refractivity contribution < 1.29 is 44.2 Å². The SMILES string of the molecule is CCCCOc1ccc2c(O)c(O[C@H]3O[C@H](CO)[C@@H](O)[C@H](O)[C@@H]3O)c(=O)oc2c1. The van der Waals surface area contributed by atoms with Gasteiger partial charge in [0, 0.05) is 6.07 Å². The van der Waals surface area contributed by atoms with Crippen LogP contribution in [-0.4, -0.2) is 69.5 Å². The molecule has 2 aromatic rings. The third-order valence-corrected chi connectivity index (χ3v) is 4.66. The molecule has 160 valence electrons.